The standard InChI is InChI=1S/C73H127NO13/c1-3-5-7-9-11-13-15-17-19-21-23-25-27-29-30-31-32-33-35-37-39-41-43-45-47-49-51-53-55-57-65(78)74-61(60-84-72-70(83)68(81)71(64(59-76)86-72)87-73-69(82)67(80)66(79)63(58-75)85-73)62(77)56-54-52-50-48-46-44-42-40-38-36-34-28-26-24-22-20-18-16-14-12-10-8-6-4-2/h5,7,11,13,17,19,23,25,29-30,38,40,46,48,54,56,61-64,66-73,75-77,79-83H,3-4,6,8-10,12,14-16,18,20-22,24,26-28,31-37,39,41-45,47,49-53,55,57-60H2,1-2H3,(H,74,78)/b7-5-,13-11-,19-17-,25-23-,30-29-,40-38+,48-46+,56-54+. The molecule has 2 aliphatic heterocycles. The number of hydrogen-bond donors (Lipinski definition) is 9. The quantitative estimate of drug-likeness (QED) is 0.0204. The molecule has 0 radical (unpaired) electrons. The van der Waals surface area contributed by atoms with E-state index in [9.17, 15) is 45.6 Å². The molecule has 0 aromatic rings. The summed E-state index contributed by atoms with van der Waals surface area (Å²) in [4.78, 5) is 13.3. The lowest BCUT2D eigenvalue weighted by Crippen LogP contribution is -2.65. The number of carbonyl (C=O) groups is 1. The summed E-state index contributed by atoms with van der Waals surface area (Å²) in [6.45, 7) is 2.68. The lowest BCUT2D eigenvalue weighted by molar-refractivity contribution is -0.359. The molecule has 2 saturated heterocycles. The van der Waals surface area contributed by atoms with E-state index in [1.54, 1.807) is 6.08 Å². The highest BCUT2D eigenvalue weighted by Crippen LogP contribution is 2.30. The molecule has 0 bridgehead atoms. The minimum atomic E-state index is -1.80. The van der Waals surface area contributed by atoms with Crippen molar-refractivity contribution in [3.63, 3.8) is 0 Å². The van der Waals surface area contributed by atoms with Gasteiger partial charge in [0, 0.05) is 6.42 Å². The molecule has 0 spiro atoms. The highest BCUT2D eigenvalue weighted by atomic mass is 16.7. The molecule has 2 fully saturated rings. The van der Waals surface area contributed by atoms with Crippen LogP contribution in [0.5, 0.6) is 0 Å². The Balaban J connectivity index is 1.71. The second kappa shape index (κ2) is 56.9. The summed E-state index contributed by atoms with van der Waals surface area (Å²) in [5, 5.41) is 87.4. The number of rotatable bonds is 56. The summed E-state index contributed by atoms with van der Waals surface area (Å²) in [6, 6.07) is -0.946. The van der Waals surface area contributed by atoms with Crippen molar-refractivity contribution in [3.05, 3.63) is 97.2 Å². The molecule has 502 valence electrons. The zero-order valence-corrected chi connectivity index (χ0v) is 54.5. The van der Waals surface area contributed by atoms with E-state index in [0.29, 0.717) is 12.8 Å². The number of allylic oxidation sites excluding steroid dienone is 15. The van der Waals surface area contributed by atoms with E-state index >= 15 is 0 Å². The third-order valence-corrected chi connectivity index (χ3v) is 16.5. The smallest absolute Gasteiger partial charge is 0.220 e. The number of amides is 1. The van der Waals surface area contributed by atoms with Crippen LogP contribution in [0, 0.1) is 0 Å². The monoisotopic (exact) mass is 1230 g/mol. The predicted octanol–water partition coefficient (Wildman–Crippen LogP) is 14.2. The van der Waals surface area contributed by atoms with Crippen LogP contribution in [0.15, 0.2) is 97.2 Å². The Morgan fingerprint density at radius 2 is 0.805 bits per heavy atom. The van der Waals surface area contributed by atoms with Crippen LogP contribution in [0.1, 0.15) is 264 Å². The van der Waals surface area contributed by atoms with Gasteiger partial charge in [0.1, 0.15) is 48.8 Å². The molecular weight excluding hydrogens is 1100 g/mol. The minimum Gasteiger partial charge on any atom is -0.394 e. The minimum absolute atomic E-state index is 0.256. The first-order chi connectivity index (χ1) is 42.6. The van der Waals surface area contributed by atoms with Crippen molar-refractivity contribution < 1.29 is 64.6 Å². The van der Waals surface area contributed by atoms with Gasteiger partial charge >= 0.3 is 0 Å². The number of ether oxygens (including phenoxy) is 4. The number of hydrogen-bond acceptors (Lipinski definition) is 13. The Morgan fingerprint density at radius 3 is 1.26 bits per heavy atom. The lowest BCUT2D eigenvalue weighted by atomic mass is 9.97. The summed E-state index contributed by atoms with van der Waals surface area (Å²) < 4.78 is 22.8. The van der Waals surface area contributed by atoms with E-state index in [0.717, 1.165) is 83.5 Å². The van der Waals surface area contributed by atoms with Gasteiger partial charge in [-0.15, -0.1) is 0 Å². The molecule has 12 atom stereocenters. The van der Waals surface area contributed by atoms with Gasteiger partial charge in [-0.2, -0.15) is 0 Å². The largest absolute Gasteiger partial charge is 0.394 e. The zero-order valence-electron chi connectivity index (χ0n) is 54.5. The van der Waals surface area contributed by atoms with E-state index in [1.165, 1.54) is 148 Å². The summed E-state index contributed by atoms with van der Waals surface area (Å²) >= 11 is 0. The molecule has 14 nitrogen and oxygen atoms in total. The second-order valence-corrected chi connectivity index (χ2v) is 24.3. The zero-order chi connectivity index (χ0) is 63.1. The average molecular weight is 1230 g/mol. The molecule has 2 heterocycles. The van der Waals surface area contributed by atoms with Crippen LogP contribution in [-0.4, -0.2) is 140 Å². The summed E-state index contributed by atoms with van der Waals surface area (Å²) in [7, 11) is 0. The van der Waals surface area contributed by atoms with Gasteiger partial charge in [-0.05, 0) is 89.9 Å². The molecule has 0 aliphatic carbocycles. The molecule has 0 aromatic heterocycles. The van der Waals surface area contributed by atoms with Gasteiger partial charge in [-0.3, -0.25) is 4.79 Å². The molecule has 2 rings (SSSR count). The lowest BCUT2D eigenvalue weighted by Gasteiger charge is -2.46. The highest BCUT2D eigenvalue weighted by molar-refractivity contribution is 5.76. The van der Waals surface area contributed by atoms with Gasteiger partial charge in [0.2, 0.25) is 5.91 Å². The summed E-state index contributed by atoms with van der Waals surface area (Å²) in [5.41, 5.74) is 0. The number of carbonyl (C=O) groups excluding carboxylic acids is 1. The Hall–Kier alpha value is -3.09. The topological polar surface area (TPSA) is 228 Å². The molecule has 9 N–H and O–H groups in total. The van der Waals surface area contributed by atoms with Crippen LogP contribution in [-0.2, 0) is 23.7 Å². The van der Waals surface area contributed by atoms with Gasteiger partial charge in [0.25, 0.3) is 0 Å². The predicted molar refractivity (Wildman–Crippen MR) is 355 cm³/mol. The maximum Gasteiger partial charge on any atom is 0.220 e. The van der Waals surface area contributed by atoms with Crippen molar-refractivity contribution in [2.24, 2.45) is 0 Å². The van der Waals surface area contributed by atoms with E-state index in [2.05, 4.69) is 104 Å². The van der Waals surface area contributed by atoms with E-state index in [-0.39, 0.29) is 18.9 Å². The number of aliphatic hydroxyl groups is 8. The Kier molecular flexibility index (Phi) is 52.3. The third kappa shape index (κ3) is 41.1. The molecular formula is C73H127NO13. The SMILES string of the molecule is CC/C=C\C/C=C\C/C=C\C/C=C\C/C=C\CCCCCCCCCCCCCCCC(=O)NC(COC1OC(CO)C(OC2OC(CO)C(O)C(O)C2O)C(O)C1O)C(O)/C=C/CC/C=C/CC/C=C/CCCCCCCCCCCCCCCC. The van der Waals surface area contributed by atoms with E-state index in [4.69, 9.17) is 18.9 Å². The first-order valence-electron chi connectivity index (χ1n) is 35.0. The number of unbranched alkanes of at least 4 members (excludes halogenated alkanes) is 29. The summed E-state index contributed by atoms with van der Waals surface area (Å²) in [6.07, 6.45) is 63.1. The molecule has 1 amide bonds. The van der Waals surface area contributed by atoms with Gasteiger partial charge in [-0.25, -0.2) is 0 Å². The first-order valence-corrected chi connectivity index (χ1v) is 35.0. The van der Waals surface area contributed by atoms with Crippen molar-refractivity contribution in [2.75, 3.05) is 19.8 Å². The van der Waals surface area contributed by atoms with Gasteiger partial charge in [-0.1, -0.05) is 265 Å². The van der Waals surface area contributed by atoms with Crippen molar-refractivity contribution in [2.45, 2.75) is 338 Å². The fraction of sp³-hybridized carbons (Fsp3) is 0.767. The third-order valence-electron chi connectivity index (χ3n) is 16.5. The number of nitrogens with one attached hydrogen (secondary N) is 1. The normalized spacial score (nSPS) is 23.9. The van der Waals surface area contributed by atoms with Crippen LogP contribution in [0.2, 0.25) is 0 Å². The van der Waals surface area contributed by atoms with Crippen molar-refractivity contribution in [1.29, 1.82) is 0 Å². The Labute approximate surface area is 528 Å². The van der Waals surface area contributed by atoms with Gasteiger partial charge in [0.15, 0.2) is 12.6 Å². The molecule has 2 aliphatic rings. The molecule has 0 saturated carbocycles. The Bertz CT molecular complexity index is 1830. The average Bonchev–Trinajstić information content (AvgIpc) is 1.55. The summed E-state index contributed by atoms with van der Waals surface area (Å²) in [5.74, 6) is -0.256. The van der Waals surface area contributed by atoms with Crippen LogP contribution in [0.25, 0.3) is 0 Å². The van der Waals surface area contributed by atoms with Crippen LogP contribution >= 0.6 is 0 Å². The number of aliphatic hydroxyl groups excluding tert-OH is 8. The van der Waals surface area contributed by atoms with E-state index in [1.807, 2.05) is 6.08 Å². The van der Waals surface area contributed by atoms with Crippen LogP contribution < -0.4 is 5.32 Å². The highest BCUT2D eigenvalue weighted by Gasteiger charge is 2.51. The molecule has 14 heteroatoms. The van der Waals surface area contributed by atoms with Crippen LogP contribution in [0.3, 0.4) is 0 Å². The molecule has 87 heavy (non-hydrogen) atoms. The maximum atomic E-state index is 13.3. The fourth-order valence-electron chi connectivity index (χ4n) is 10.9. The van der Waals surface area contributed by atoms with Crippen molar-refractivity contribution in [3.8, 4) is 0 Å². The van der Waals surface area contributed by atoms with Crippen molar-refractivity contribution in [1.82, 2.24) is 5.32 Å². The van der Waals surface area contributed by atoms with Crippen LogP contribution in [0.4, 0.5) is 0 Å². The maximum absolute atomic E-state index is 13.3. The first kappa shape index (κ1) is 80.0. The van der Waals surface area contributed by atoms with Gasteiger partial charge < -0.3 is 65.1 Å². The molecule has 12 unspecified atom stereocenters. The second-order valence-electron chi connectivity index (χ2n) is 24.3. The fourth-order valence-corrected chi connectivity index (χ4v) is 10.9. The molecule has 0 aromatic carbocycles. The van der Waals surface area contributed by atoms with Gasteiger partial charge in [0.05, 0.1) is 32.0 Å². The Morgan fingerprint density at radius 1 is 0.425 bits per heavy atom. The van der Waals surface area contributed by atoms with Crippen molar-refractivity contribution >= 4 is 5.91 Å². The van der Waals surface area contributed by atoms with E-state index < -0.39 is 86.8 Å².